The lowest BCUT2D eigenvalue weighted by Crippen LogP contribution is -2.39. The third kappa shape index (κ3) is 4.93. The van der Waals surface area contributed by atoms with E-state index in [1.165, 1.54) is 11.1 Å². The highest BCUT2D eigenvalue weighted by Crippen LogP contribution is 2.30. The van der Waals surface area contributed by atoms with Crippen LogP contribution in [0, 0.1) is 6.92 Å². The second kappa shape index (κ2) is 8.63. The highest BCUT2D eigenvalue weighted by molar-refractivity contribution is 5.78. The monoisotopic (exact) mass is 366 g/mol. The van der Waals surface area contributed by atoms with E-state index in [2.05, 4.69) is 60.1 Å². The molecular formula is C22H30N4O. The zero-order valence-corrected chi connectivity index (χ0v) is 16.8. The van der Waals surface area contributed by atoms with Crippen LogP contribution < -0.4 is 0 Å². The first kappa shape index (κ1) is 19.5. The Kier molecular flexibility index (Phi) is 6.24. The van der Waals surface area contributed by atoms with Crippen LogP contribution in [0.3, 0.4) is 0 Å². The molecular weight excluding hydrogens is 336 g/mol. The van der Waals surface area contributed by atoms with Crippen molar-refractivity contribution in [3.63, 3.8) is 0 Å². The lowest BCUT2D eigenvalue weighted by atomic mass is 9.93. The fraction of sp³-hybridized carbons (Fsp3) is 0.455. The number of hydrogen-bond acceptors (Lipinski definition) is 4. The van der Waals surface area contributed by atoms with Crippen molar-refractivity contribution < 1.29 is 4.79 Å². The number of likely N-dealkylation sites (tertiary alicyclic amines) is 1. The van der Waals surface area contributed by atoms with Crippen molar-refractivity contribution in [2.75, 3.05) is 40.8 Å². The molecule has 27 heavy (non-hydrogen) atoms. The summed E-state index contributed by atoms with van der Waals surface area (Å²) in [5, 5.41) is 0. The van der Waals surface area contributed by atoms with Crippen molar-refractivity contribution in [2.24, 2.45) is 0 Å². The van der Waals surface area contributed by atoms with E-state index in [-0.39, 0.29) is 5.91 Å². The summed E-state index contributed by atoms with van der Waals surface area (Å²) in [6.45, 7) is 4.83. The maximum Gasteiger partial charge on any atom is 0.236 e. The van der Waals surface area contributed by atoms with Gasteiger partial charge in [0.25, 0.3) is 0 Å². The minimum absolute atomic E-state index is 0.197. The van der Waals surface area contributed by atoms with Crippen molar-refractivity contribution in [3.05, 3.63) is 65.5 Å². The molecule has 1 aromatic carbocycles. The predicted octanol–water partition coefficient (Wildman–Crippen LogP) is 2.38. The number of carbonyl (C=O) groups is 1. The number of rotatable bonds is 6. The number of pyridine rings is 1. The highest BCUT2D eigenvalue weighted by Gasteiger charge is 2.37. The number of amides is 1. The van der Waals surface area contributed by atoms with Gasteiger partial charge >= 0.3 is 0 Å². The molecule has 0 N–H and O–H groups in total. The SMILES string of the molecule is Cc1ccc([C@@H]2CN(C(=O)CN(C)Cc3cccnc3)C[C@H]2N(C)C)cc1. The number of aromatic nitrogens is 1. The van der Waals surface area contributed by atoms with Gasteiger partial charge in [0.05, 0.1) is 6.54 Å². The molecule has 1 aliphatic rings. The quantitative estimate of drug-likeness (QED) is 0.787. The summed E-state index contributed by atoms with van der Waals surface area (Å²) in [5.41, 5.74) is 3.71. The fourth-order valence-electron chi connectivity index (χ4n) is 3.84. The maximum absolute atomic E-state index is 12.9. The van der Waals surface area contributed by atoms with Crippen LogP contribution in [-0.4, -0.2) is 72.4 Å². The van der Waals surface area contributed by atoms with Gasteiger partial charge in [-0.1, -0.05) is 35.9 Å². The Morgan fingerprint density at radius 1 is 1.15 bits per heavy atom. The van der Waals surface area contributed by atoms with Gasteiger partial charge in [-0.05, 0) is 45.3 Å². The summed E-state index contributed by atoms with van der Waals surface area (Å²) >= 11 is 0. The number of carbonyl (C=O) groups excluding carboxylic acids is 1. The number of hydrogen-bond donors (Lipinski definition) is 0. The van der Waals surface area contributed by atoms with Gasteiger partial charge in [-0.2, -0.15) is 0 Å². The van der Waals surface area contributed by atoms with Gasteiger partial charge < -0.3 is 9.80 Å². The van der Waals surface area contributed by atoms with E-state index in [0.29, 0.717) is 18.5 Å². The molecule has 2 atom stereocenters. The summed E-state index contributed by atoms with van der Waals surface area (Å²) in [4.78, 5) is 23.4. The van der Waals surface area contributed by atoms with E-state index in [9.17, 15) is 4.79 Å². The molecule has 1 amide bonds. The second-order valence-corrected chi connectivity index (χ2v) is 7.88. The Morgan fingerprint density at radius 2 is 1.89 bits per heavy atom. The lowest BCUT2D eigenvalue weighted by Gasteiger charge is -2.25. The van der Waals surface area contributed by atoms with Crippen LogP contribution in [0.15, 0.2) is 48.8 Å². The van der Waals surface area contributed by atoms with Crippen LogP contribution in [-0.2, 0) is 11.3 Å². The molecule has 0 radical (unpaired) electrons. The third-order valence-electron chi connectivity index (χ3n) is 5.39. The standard InChI is InChI=1S/C22H30N4O/c1-17-7-9-19(10-8-17)20-14-26(15-21(20)24(2)3)22(27)16-25(4)13-18-6-5-11-23-12-18/h5-12,20-21H,13-16H2,1-4H3/t20-,21+/m0/s1. The first-order chi connectivity index (χ1) is 12.9. The maximum atomic E-state index is 12.9. The molecule has 5 nitrogen and oxygen atoms in total. The van der Waals surface area contributed by atoms with Crippen LogP contribution in [0.5, 0.6) is 0 Å². The summed E-state index contributed by atoms with van der Waals surface area (Å²) < 4.78 is 0. The summed E-state index contributed by atoms with van der Waals surface area (Å²) in [5.74, 6) is 0.552. The third-order valence-corrected chi connectivity index (χ3v) is 5.39. The van der Waals surface area contributed by atoms with E-state index < -0.39 is 0 Å². The first-order valence-corrected chi connectivity index (χ1v) is 9.52. The number of benzene rings is 1. The van der Waals surface area contributed by atoms with E-state index in [1.54, 1.807) is 6.20 Å². The Hall–Kier alpha value is -2.24. The van der Waals surface area contributed by atoms with Gasteiger partial charge in [-0.3, -0.25) is 14.7 Å². The molecule has 0 spiro atoms. The van der Waals surface area contributed by atoms with Crippen LogP contribution in [0.4, 0.5) is 0 Å². The van der Waals surface area contributed by atoms with Crippen LogP contribution >= 0.6 is 0 Å². The zero-order valence-electron chi connectivity index (χ0n) is 16.8. The van der Waals surface area contributed by atoms with Gasteiger partial charge in [0, 0.05) is 44.0 Å². The lowest BCUT2D eigenvalue weighted by molar-refractivity contribution is -0.131. The van der Waals surface area contributed by atoms with Crippen molar-refractivity contribution in [3.8, 4) is 0 Å². The topological polar surface area (TPSA) is 39.7 Å². The molecule has 144 valence electrons. The molecule has 0 saturated carbocycles. The molecule has 1 fully saturated rings. The average Bonchev–Trinajstić information content (AvgIpc) is 3.09. The van der Waals surface area contributed by atoms with Gasteiger partial charge in [0.15, 0.2) is 0 Å². The van der Waals surface area contributed by atoms with Gasteiger partial charge in [0.2, 0.25) is 5.91 Å². The molecule has 2 aromatic rings. The largest absolute Gasteiger partial charge is 0.339 e. The van der Waals surface area contributed by atoms with E-state index in [1.807, 2.05) is 30.3 Å². The Labute approximate surface area is 162 Å². The normalized spacial score (nSPS) is 19.9. The van der Waals surface area contributed by atoms with Crippen molar-refractivity contribution in [1.29, 1.82) is 0 Å². The van der Waals surface area contributed by atoms with Gasteiger partial charge in [-0.25, -0.2) is 0 Å². The predicted molar refractivity (Wildman–Crippen MR) is 109 cm³/mol. The van der Waals surface area contributed by atoms with Crippen LogP contribution in [0.2, 0.25) is 0 Å². The van der Waals surface area contributed by atoms with Crippen molar-refractivity contribution in [1.82, 2.24) is 19.7 Å². The number of aryl methyl sites for hydroxylation is 1. The molecule has 0 unspecified atom stereocenters. The Balaban J connectivity index is 1.64. The molecule has 0 bridgehead atoms. The Morgan fingerprint density at radius 3 is 2.52 bits per heavy atom. The fourth-order valence-corrected chi connectivity index (χ4v) is 3.84. The summed E-state index contributed by atoms with van der Waals surface area (Å²) in [6, 6.07) is 13.1. The van der Waals surface area contributed by atoms with Gasteiger partial charge in [0.1, 0.15) is 0 Å². The summed E-state index contributed by atoms with van der Waals surface area (Å²) in [7, 11) is 6.20. The first-order valence-electron chi connectivity index (χ1n) is 9.52. The van der Waals surface area contributed by atoms with Crippen molar-refractivity contribution >= 4 is 5.91 Å². The smallest absolute Gasteiger partial charge is 0.236 e. The molecule has 1 aliphatic heterocycles. The number of nitrogens with zero attached hydrogens (tertiary/aromatic N) is 4. The Bertz CT molecular complexity index is 745. The molecule has 5 heteroatoms. The average molecular weight is 367 g/mol. The second-order valence-electron chi connectivity index (χ2n) is 7.88. The van der Waals surface area contributed by atoms with Gasteiger partial charge in [-0.15, -0.1) is 0 Å². The van der Waals surface area contributed by atoms with E-state index in [0.717, 1.165) is 25.2 Å². The van der Waals surface area contributed by atoms with Crippen LogP contribution in [0.25, 0.3) is 0 Å². The summed E-state index contributed by atoms with van der Waals surface area (Å²) in [6.07, 6.45) is 3.62. The molecule has 1 saturated heterocycles. The minimum atomic E-state index is 0.197. The number of likely N-dealkylation sites (N-methyl/N-ethyl adjacent to an activating group) is 2. The molecule has 0 aliphatic carbocycles. The minimum Gasteiger partial charge on any atom is -0.339 e. The highest BCUT2D eigenvalue weighted by atomic mass is 16.2. The van der Waals surface area contributed by atoms with Crippen LogP contribution in [0.1, 0.15) is 22.6 Å². The molecule has 3 rings (SSSR count). The van der Waals surface area contributed by atoms with E-state index >= 15 is 0 Å². The van der Waals surface area contributed by atoms with E-state index in [4.69, 9.17) is 0 Å². The van der Waals surface area contributed by atoms with Crippen molar-refractivity contribution in [2.45, 2.75) is 25.4 Å². The molecule has 1 aromatic heterocycles. The molecule has 2 heterocycles. The zero-order chi connectivity index (χ0) is 19.4.